The number of hydrogen-bond donors (Lipinski definition) is 2. The van der Waals surface area contributed by atoms with E-state index in [0.717, 1.165) is 24.3 Å². The average Bonchev–Trinajstić information content (AvgIpc) is 2.96. The van der Waals surface area contributed by atoms with Crippen LogP contribution in [0.4, 0.5) is 0 Å². The molecule has 2 aliphatic carbocycles. The number of rotatable bonds is 5. The summed E-state index contributed by atoms with van der Waals surface area (Å²) in [6, 6.07) is 0.594. The van der Waals surface area contributed by atoms with E-state index in [1.807, 2.05) is 0 Å². The van der Waals surface area contributed by atoms with E-state index in [4.69, 9.17) is 0 Å². The fourth-order valence-corrected chi connectivity index (χ4v) is 3.31. The molecule has 2 heteroatoms. The van der Waals surface area contributed by atoms with Gasteiger partial charge in [0.1, 0.15) is 0 Å². The predicted octanol–water partition coefficient (Wildman–Crippen LogP) is 2.79. The van der Waals surface area contributed by atoms with E-state index in [2.05, 4.69) is 38.3 Å². The number of nitrogens with one attached hydrogen (secondary N) is 2. The van der Waals surface area contributed by atoms with Gasteiger partial charge in [-0.25, -0.2) is 0 Å². The summed E-state index contributed by atoms with van der Waals surface area (Å²) in [4.78, 5) is 0. The summed E-state index contributed by atoms with van der Waals surface area (Å²) in [6.07, 6.45) is 5.98. The van der Waals surface area contributed by atoms with E-state index in [-0.39, 0.29) is 5.54 Å². The Morgan fingerprint density at radius 1 is 1.12 bits per heavy atom. The summed E-state index contributed by atoms with van der Waals surface area (Å²) in [6.45, 7) is 11.3. The molecule has 3 unspecified atom stereocenters. The van der Waals surface area contributed by atoms with Crippen LogP contribution in [0.3, 0.4) is 0 Å². The molecule has 0 saturated heterocycles. The van der Waals surface area contributed by atoms with Crippen molar-refractivity contribution in [3.8, 4) is 0 Å². The zero-order valence-corrected chi connectivity index (χ0v) is 12.1. The van der Waals surface area contributed by atoms with E-state index in [0.29, 0.717) is 6.04 Å². The average molecular weight is 238 g/mol. The van der Waals surface area contributed by atoms with E-state index in [1.165, 1.54) is 32.2 Å². The smallest absolute Gasteiger partial charge is 0.0164 e. The SMILES string of the molecule is CC(CNC(C)(C)C)NCC1C2CCCCC21. The van der Waals surface area contributed by atoms with Crippen molar-refractivity contribution in [3.63, 3.8) is 0 Å². The first-order valence-electron chi connectivity index (χ1n) is 7.46. The van der Waals surface area contributed by atoms with Gasteiger partial charge < -0.3 is 10.6 Å². The summed E-state index contributed by atoms with van der Waals surface area (Å²) >= 11 is 0. The van der Waals surface area contributed by atoms with Crippen LogP contribution >= 0.6 is 0 Å². The molecule has 3 atom stereocenters. The Bertz CT molecular complexity index is 232. The fraction of sp³-hybridized carbons (Fsp3) is 1.00. The summed E-state index contributed by atoms with van der Waals surface area (Å²) in [5, 5.41) is 7.28. The predicted molar refractivity (Wildman–Crippen MR) is 74.2 cm³/mol. The van der Waals surface area contributed by atoms with Crippen molar-refractivity contribution in [2.45, 2.75) is 65.0 Å². The molecule has 0 amide bonds. The standard InChI is InChI=1S/C15H30N2/c1-11(9-17-15(2,3)4)16-10-14-12-7-5-6-8-13(12)14/h11-14,16-17H,5-10H2,1-4H3. The van der Waals surface area contributed by atoms with Crippen LogP contribution in [-0.4, -0.2) is 24.7 Å². The summed E-state index contributed by atoms with van der Waals surface area (Å²) in [7, 11) is 0. The zero-order chi connectivity index (χ0) is 12.5. The molecule has 0 radical (unpaired) electrons. The van der Waals surface area contributed by atoms with Gasteiger partial charge in [0, 0.05) is 18.1 Å². The molecule has 0 aromatic carbocycles. The van der Waals surface area contributed by atoms with Crippen molar-refractivity contribution >= 4 is 0 Å². The minimum Gasteiger partial charge on any atom is -0.313 e. The second-order valence-corrected chi connectivity index (χ2v) is 7.22. The van der Waals surface area contributed by atoms with Gasteiger partial charge in [-0.3, -0.25) is 0 Å². The molecule has 2 N–H and O–H groups in total. The lowest BCUT2D eigenvalue weighted by Crippen LogP contribution is -2.45. The molecule has 0 aromatic heterocycles. The molecule has 0 heterocycles. The molecule has 2 aliphatic rings. The van der Waals surface area contributed by atoms with Crippen molar-refractivity contribution in [1.29, 1.82) is 0 Å². The lowest BCUT2D eigenvalue weighted by Gasteiger charge is -2.24. The molecule has 2 fully saturated rings. The lowest BCUT2D eigenvalue weighted by molar-refractivity contribution is 0.383. The first-order valence-corrected chi connectivity index (χ1v) is 7.46. The third-order valence-electron chi connectivity index (χ3n) is 4.47. The highest BCUT2D eigenvalue weighted by Gasteiger charge is 2.49. The topological polar surface area (TPSA) is 24.1 Å². The van der Waals surface area contributed by atoms with Crippen LogP contribution in [0, 0.1) is 17.8 Å². The molecule has 0 aromatic rings. The van der Waals surface area contributed by atoms with Crippen molar-refractivity contribution in [2.75, 3.05) is 13.1 Å². The summed E-state index contributed by atoms with van der Waals surface area (Å²) in [5.74, 6) is 3.17. The maximum Gasteiger partial charge on any atom is 0.0164 e. The van der Waals surface area contributed by atoms with Gasteiger partial charge in [-0.15, -0.1) is 0 Å². The summed E-state index contributed by atoms with van der Waals surface area (Å²) in [5.41, 5.74) is 0.240. The van der Waals surface area contributed by atoms with Crippen molar-refractivity contribution in [3.05, 3.63) is 0 Å². The maximum atomic E-state index is 3.71. The molecule has 0 aliphatic heterocycles. The quantitative estimate of drug-likeness (QED) is 0.769. The van der Waals surface area contributed by atoms with Gasteiger partial charge in [0.05, 0.1) is 0 Å². The van der Waals surface area contributed by atoms with Gasteiger partial charge in [-0.05, 0) is 64.8 Å². The Hall–Kier alpha value is -0.0800. The largest absolute Gasteiger partial charge is 0.313 e. The van der Waals surface area contributed by atoms with Gasteiger partial charge in [0.25, 0.3) is 0 Å². The van der Waals surface area contributed by atoms with E-state index in [1.54, 1.807) is 0 Å². The summed E-state index contributed by atoms with van der Waals surface area (Å²) < 4.78 is 0. The highest BCUT2D eigenvalue weighted by Crippen LogP contribution is 2.54. The highest BCUT2D eigenvalue weighted by atomic mass is 15.0. The molecule has 100 valence electrons. The van der Waals surface area contributed by atoms with Crippen LogP contribution in [0.25, 0.3) is 0 Å². The third-order valence-corrected chi connectivity index (χ3v) is 4.47. The first-order chi connectivity index (χ1) is 7.97. The molecule has 0 bridgehead atoms. The first kappa shape index (κ1) is 13.4. The lowest BCUT2D eigenvalue weighted by atomic mass is 10.0. The Labute approximate surface area is 107 Å². The van der Waals surface area contributed by atoms with Crippen LogP contribution in [0.15, 0.2) is 0 Å². The Kier molecular flexibility index (Phi) is 4.14. The number of fused-ring (bicyclic) bond motifs is 1. The van der Waals surface area contributed by atoms with Crippen molar-refractivity contribution in [1.82, 2.24) is 10.6 Å². The molecule has 2 saturated carbocycles. The molecular formula is C15H30N2. The van der Waals surface area contributed by atoms with Crippen molar-refractivity contribution in [2.24, 2.45) is 17.8 Å². The van der Waals surface area contributed by atoms with Crippen LogP contribution in [0.1, 0.15) is 53.4 Å². The second kappa shape index (κ2) is 5.27. The monoisotopic (exact) mass is 238 g/mol. The number of hydrogen-bond acceptors (Lipinski definition) is 2. The van der Waals surface area contributed by atoms with Gasteiger partial charge in [0.2, 0.25) is 0 Å². The van der Waals surface area contributed by atoms with E-state index >= 15 is 0 Å². The van der Waals surface area contributed by atoms with E-state index < -0.39 is 0 Å². The highest BCUT2D eigenvalue weighted by molar-refractivity contribution is 5.00. The third kappa shape index (κ3) is 3.96. The molecular weight excluding hydrogens is 208 g/mol. The van der Waals surface area contributed by atoms with Crippen LogP contribution in [-0.2, 0) is 0 Å². The second-order valence-electron chi connectivity index (χ2n) is 7.22. The molecule has 17 heavy (non-hydrogen) atoms. The maximum absolute atomic E-state index is 3.71. The minimum absolute atomic E-state index is 0.240. The molecule has 2 rings (SSSR count). The van der Waals surface area contributed by atoms with Crippen LogP contribution in [0.5, 0.6) is 0 Å². The van der Waals surface area contributed by atoms with Gasteiger partial charge >= 0.3 is 0 Å². The Morgan fingerprint density at radius 2 is 1.71 bits per heavy atom. The van der Waals surface area contributed by atoms with Crippen LogP contribution in [0.2, 0.25) is 0 Å². The molecule has 2 nitrogen and oxygen atoms in total. The Balaban J connectivity index is 1.59. The van der Waals surface area contributed by atoms with Gasteiger partial charge in [-0.1, -0.05) is 12.8 Å². The normalized spacial score (nSPS) is 34.2. The Morgan fingerprint density at radius 3 is 2.24 bits per heavy atom. The zero-order valence-electron chi connectivity index (χ0n) is 12.1. The van der Waals surface area contributed by atoms with Crippen LogP contribution < -0.4 is 10.6 Å². The fourth-order valence-electron chi connectivity index (χ4n) is 3.31. The van der Waals surface area contributed by atoms with Gasteiger partial charge in [-0.2, -0.15) is 0 Å². The minimum atomic E-state index is 0.240. The van der Waals surface area contributed by atoms with Gasteiger partial charge in [0.15, 0.2) is 0 Å². The molecule has 0 spiro atoms. The van der Waals surface area contributed by atoms with E-state index in [9.17, 15) is 0 Å². The van der Waals surface area contributed by atoms with Crippen molar-refractivity contribution < 1.29 is 0 Å².